The van der Waals surface area contributed by atoms with E-state index in [0.717, 1.165) is 18.5 Å². The first-order valence-electron chi connectivity index (χ1n) is 8.59. The highest BCUT2D eigenvalue weighted by atomic mass is 15.3. The normalized spacial score (nSPS) is 35.4. The Hall–Kier alpha value is -0.0800. The van der Waals surface area contributed by atoms with E-state index in [-0.39, 0.29) is 0 Å². The molecular weight excluding hydrogens is 244 g/mol. The Morgan fingerprint density at radius 3 is 2.10 bits per heavy atom. The fraction of sp³-hybridized carbons (Fsp3) is 1.00. The minimum absolute atomic E-state index is 0.490. The zero-order chi connectivity index (χ0) is 15.1. The van der Waals surface area contributed by atoms with Crippen molar-refractivity contribution in [3.8, 4) is 0 Å². The van der Waals surface area contributed by atoms with Crippen molar-refractivity contribution in [2.45, 2.75) is 85.9 Å². The number of hydrogen-bond acceptors (Lipinski definition) is 2. The summed E-state index contributed by atoms with van der Waals surface area (Å²) in [5, 5.41) is 3.74. The Balaban J connectivity index is 2.11. The Labute approximate surface area is 126 Å². The minimum Gasteiger partial charge on any atom is -0.311 e. The number of rotatable bonds is 2. The Bertz CT molecular complexity index is 316. The quantitative estimate of drug-likeness (QED) is 0.825. The van der Waals surface area contributed by atoms with E-state index in [1.165, 1.54) is 25.8 Å². The van der Waals surface area contributed by atoms with Crippen LogP contribution in [0.3, 0.4) is 0 Å². The molecule has 2 atom stereocenters. The second-order valence-electron chi connectivity index (χ2n) is 9.37. The smallest absolute Gasteiger partial charge is 0.0218 e. The lowest BCUT2D eigenvalue weighted by molar-refractivity contribution is -0.0123. The highest BCUT2D eigenvalue weighted by Crippen LogP contribution is 2.47. The molecule has 2 rings (SSSR count). The molecule has 1 aliphatic heterocycles. The molecule has 1 saturated carbocycles. The Kier molecular flexibility index (Phi) is 4.57. The summed E-state index contributed by atoms with van der Waals surface area (Å²) in [6.07, 6.45) is 4.10. The van der Waals surface area contributed by atoms with E-state index in [4.69, 9.17) is 0 Å². The molecule has 0 amide bonds. The highest BCUT2D eigenvalue weighted by Gasteiger charge is 2.42. The standard InChI is InChI=1S/C18H36N2/c1-13(2)16-11-20(14(3)10-19-16)15-8-17(4,5)12-18(6,7)9-15/h13-16,19H,8-12H2,1-7H3. The lowest BCUT2D eigenvalue weighted by Gasteiger charge is -2.52. The molecule has 118 valence electrons. The van der Waals surface area contributed by atoms with Gasteiger partial charge in [-0.2, -0.15) is 0 Å². The van der Waals surface area contributed by atoms with Gasteiger partial charge in [0.1, 0.15) is 0 Å². The van der Waals surface area contributed by atoms with Crippen LogP contribution in [0.15, 0.2) is 0 Å². The van der Waals surface area contributed by atoms with Gasteiger partial charge >= 0.3 is 0 Å². The van der Waals surface area contributed by atoms with Crippen molar-refractivity contribution < 1.29 is 0 Å². The molecule has 1 aliphatic carbocycles. The maximum absolute atomic E-state index is 3.74. The summed E-state index contributed by atoms with van der Waals surface area (Å²) >= 11 is 0. The molecule has 2 fully saturated rings. The molecule has 0 aromatic carbocycles. The summed E-state index contributed by atoms with van der Waals surface area (Å²) in [5.74, 6) is 0.731. The fourth-order valence-electron chi connectivity index (χ4n) is 4.89. The summed E-state index contributed by atoms with van der Waals surface area (Å²) < 4.78 is 0. The van der Waals surface area contributed by atoms with Gasteiger partial charge in [-0.1, -0.05) is 41.5 Å². The average molecular weight is 280 g/mol. The summed E-state index contributed by atoms with van der Waals surface area (Å²) in [6.45, 7) is 19.3. The van der Waals surface area contributed by atoms with Gasteiger partial charge in [-0.25, -0.2) is 0 Å². The molecule has 2 nitrogen and oxygen atoms in total. The molecule has 0 bridgehead atoms. The van der Waals surface area contributed by atoms with Gasteiger partial charge in [0.2, 0.25) is 0 Å². The molecule has 20 heavy (non-hydrogen) atoms. The van der Waals surface area contributed by atoms with Gasteiger partial charge in [0.05, 0.1) is 0 Å². The second kappa shape index (κ2) is 5.61. The zero-order valence-electron chi connectivity index (χ0n) is 14.8. The van der Waals surface area contributed by atoms with Crippen LogP contribution in [0.25, 0.3) is 0 Å². The molecular formula is C18H36N2. The van der Waals surface area contributed by atoms with Gasteiger partial charge in [-0.15, -0.1) is 0 Å². The molecule has 1 heterocycles. The SMILES string of the molecule is CC(C)C1CN(C2CC(C)(C)CC(C)(C)C2)C(C)CN1. The van der Waals surface area contributed by atoms with Crippen LogP contribution in [0.2, 0.25) is 0 Å². The van der Waals surface area contributed by atoms with Crippen LogP contribution in [0, 0.1) is 16.7 Å². The molecule has 2 unspecified atom stereocenters. The first kappa shape index (κ1) is 16.3. The van der Waals surface area contributed by atoms with Gasteiger partial charge in [0.15, 0.2) is 0 Å². The summed E-state index contributed by atoms with van der Waals surface area (Å²) in [4.78, 5) is 2.82. The topological polar surface area (TPSA) is 15.3 Å². The molecule has 0 aromatic heterocycles. The Morgan fingerprint density at radius 2 is 1.60 bits per heavy atom. The van der Waals surface area contributed by atoms with Crippen LogP contribution in [0.5, 0.6) is 0 Å². The number of hydrogen-bond donors (Lipinski definition) is 1. The first-order chi connectivity index (χ1) is 9.10. The predicted molar refractivity (Wildman–Crippen MR) is 88.0 cm³/mol. The molecule has 0 radical (unpaired) electrons. The second-order valence-corrected chi connectivity index (χ2v) is 9.37. The molecule has 1 saturated heterocycles. The number of nitrogens with zero attached hydrogens (tertiary/aromatic N) is 1. The van der Waals surface area contributed by atoms with Crippen molar-refractivity contribution in [2.75, 3.05) is 13.1 Å². The minimum atomic E-state index is 0.490. The van der Waals surface area contributed by atoms with Crippen LogP contribution in [0.4, 0.5) is 0 Å². The molecule has 1 N–H and O–H groups in total. The fourth-order valence-corrected chi connectivity index (χ4v) is 4.89. The van der Waals surface area contributed by atoms with E-state index in [0.29, 0.717) is 22.9 Å². The van der Waals surface area contributed by atoms with Crippen LogP contribution in [-0.4, -0.2) is 36.1 Å². The summed E-state index contributed by atoms with van der Waals surface area (Å²) in [5.41, 5.74) is 0.981. The van der Waals surface area contributed by atoms with E-state index in [1.54, 1.807) is 0 Å². The number of nitrogens with one attached hydrogen (secondary N) is 1. The summed E-state index contributed by atoms with van der Waals surface area (Å²) in [7, 11) is 0. The number of piperazine rings is 1. The third kappa shape index (κ3) is 3.76. The van der Waals surface area contributed by atoms with E-state index < -0.39 is 0 Å². The van der Waals surface area contributed by atoms with Crippen LogP contribution < -0.4 is 5.32 Å². The van der Waals surface area contributed by atoms with Crippen molar-refractivity contribution in [3.05, 3.63) is 0 Å². The third-order valence-corrected chi connectivity index (χ3v) is 5.46. The van der Waals surface area contributed by atoms with E-state index in [9.17, 15) is 0 Å². The van der Waals surface area contributed by atoms with Gasteiger partial charge in [-0.3, -0.25) is 4.90 Å². The molecule has 2 heteroatoms. The largest absolute Gasteiger partial charge is 0.311 e. The lowest BCUT2D eigenvalue weighted by Crippen LogP contribution is -2.61. The molecule has 0 spiro atoms. The average Bonchev–Trinajstić information content (AvgIpc) is 2.24. The van der Waals surface area contributed by atoms with Gasteiger partial charge in [0.25, 0.3) is 0 Å². The molecule has 0 aromatic rings. The van der Waals surface area contributed by atoms with E-state index in [1.807, 2.05) is 0 Å². The van der Waals surface area contributed by atoms with E-state index >= 15 is 0 Å². The molecule has 2 aliphatic rings. The van der Waals surface area contributed by atoms with Crippen molar-refractivity contribution in [1.29, 1.82) is 0 Å². The predicted octanol–water partition coefficient (Wildman–Crippen LogP) is 3.91. The van der Waals surface area contributed by atoms with Crippen LogP contribution in [-0.2, 0) is 0 Å². The van der Waals surface area contributed by atoms with Crippen molar-refractivity contribution in [2.24, 2.45) is 16.7 Å². The maximum Gasteiger partial charge on any atom is 0.0218 e. The first-order valence-corrected chi connectivity index (χ1v) is 8.59. The van der Waals surface area contributed by atoms with Crippen molar-refractivity contribution >= 4 is 0 Å². The lowest BCUT2D eigenvalue weighted by atomic mass is 9.63. The van der Waals surface area contributed by atoms with Gasteiger partial charge in [-0.05, 0) is 42.9 Å². The van der Waals surface area contributed by atoms with Crippen molar-refractivity contribution in [1.82, 2.24) is 10.2 Å². The highest BCUT2D eigenvalue weighted by molar-refractivity contribution is 4.97. The van der Waals surface area contributed by atoms with Crippen LogP contribution >= 0.6 is 0 Å². The third-order valence-electron chi connectivity index (χ3n) is 5.46. The summed E-state index contributed by atoms with van der Waals surface area (Å²) in [6, 6.07) is 2.12. The zero-order valence-corrected chi connectivity index (χ0v) is 14.8. The van der Waals surface area contributed by atoms with Crippen molar-refractivity contribution in [3.63, 3.8) is 0 Å². The van der Waals surface area contributed by atoms with Gasteiger partial charge < -0.3 is 5.32 Å². The van der Waals surface area contributed by atoms with Gasteiger partial charge in [0, 0.05) is 31.2 Å². The Morgan fingerprint density at radius 1 is 1.05 bits per heavy atom. The monoisotopic (exact) mass is 280 g/mol. The maximum atomic E-state index is 3.74. The van der Waals surface area contributed by atoms with E-state index in [2.05, 4.69) is 58.7 Å². The van der Waals surface area contributed by atoms with Crippen LogP contribution in [0.1, 0.15) is 67.7 Å².